The standard InChI is InChI=1S/C8H6BrF3N2/c9-7-4(3-13)6(14)2-1-5(7)8(10,11)12/h1-3,13H,14H2. The van der Waals surface area contributed by atoms with Crippen LogP contribution in [-0.4, -0.2) is 6.21 Å². The lowest BCUT2D eigenvalue weighted by Gasteiger charge is -2.11. The van der Waals surface area contributed by atoms with Crippen molar-refractivity contribution < 1.29 is 13.2 Å². The maximum atomic E-state index is 12.4. The van der Waals surface area contributed by atoms with Gasteiger partial charge in [0.25, 0.3) is 0 Å². The van der Waals surface area contributed by atoms with Crippen molar-refractivity contribution in [3.8, 4) is 0 Å². The molecule has 0 saturated heterocycles. The van der Waals surface area contributed by atoms with E-state index in [-0.39, 0.29) is 15.7 Å². The van der Waals surface area contributed by atoms with Gasteiger partial charge >= 0.3 is 6.18 Å². The largest absolute Gasteiger partial charge is 0.417 e. The van der Waals surface area contributed by atoms with Crippen molar-refractivity contribution in [1.29, 1.82) is 5.41 Å². The highest BCUT2D eigenvalue weighted by molar-refractivity contribution is 9.10. The van der Waals surface area contributed by atoms with Crippen LogP contribution < -0.4 is 5.73 Å². The van der Waals surface area contributed by atoms with E-state index in [1.165, 1.54) is 0 Å². The van der Waals surface area contributed by atoms with Crippen LogP contribution in [0.25, 0.3) is 0 Å². The van der Waals surface area contributed by atoms with Crippen LogP contribution in [0.3, 0.4) is 0 Å². The fourth-order valence-electron chi connectivity index (χ4n) is 0.973. The fraction of sp³-hybridized carbons (Fsp3) is 0.125. The van der Waals surface area contributed by atoms with E-state index in [2.05, 4.69) is 15.9 Å². The second-order valence-corrected chi connectivity index (χ2v) is 3.37. The predicted octanol–water partition coefficient (Wildman–Crippen LogP) is 3.05. The monoisotopic (exact) mass is 266 g/mol. The molecule has 14 heavy (non-hydrogen) atoms. The van der Waals surface area contributed by atoms with E-state index in [4.69, 9.17) is 11.1 Å². The van der Waals surface area contributed by atoms with E-state index < -0.39 is 11.7 Å². The first-order valence-corrected chi connectivity index (χ1v) is 4.33. The normalized spacial score (nSPS) is 11.4. The SMILES string of the molecule is N=Cc1c(N)ccc(C(F)(F)F)c1Br. The van der Waals surface area contributed by atoms with Crippen LogP contribution >= 0.6 is 15.9 Å². The highest BCUT2D eigenvalue weighted by atomic mass is 79.9. The molecule has 0 saturated carbocycles. The molecule has 0 amide bonds. The van der Waals surface area contributed by atoms with Gasteiger partial charge in [0.05, 0.1) is 5.56 Å². The molecule has 2 nitrogen and oxygen atoms in total. The summed E-state index contributed by atoms with van der Waals surface area (Å²) in [5.41, 5.74) is 4.75. The molecule has 0 atom stereocenters. The minimum absolute atomic E-state index is 0.0415. The molecule has 0 aliphatic carbocycles. The van der Waals surface area contributed by atoms with Gasteiger partial charge in [-0.2, -0.15) is 13.2 Å². The number of hydrogen-bond donors (Lipinski definition) is 2. The molecule has 0 bridgehead atoms. The first-order valence-electron chi connectivity index (χ1n) is 3.53. The summed E-state index contributed by atoms with van der Waals surface area (Å²) in [5, 5.41) is 6.92. The van der Waals surface area contributed by atoms with Crippen LogP contribution in [0.15, 0.2) is 16.6 Å². The highest BCUT2D eigenvalue weighted by Gasteiger charge is 2.33. The number of alkyl halides is 3. The molecule has 1 rings (SSSR count). The van der Waals surface area contributed by atoms with Gasteiger partial charge in [0.2, 0.25) is 0 Å². The zero-order valence-electron chi connectivity index (χ0n) is 6.82. The number of halogens is 4. The van der Waals surface area contributed by atoms with Gasteiger partial charge in [-0.05, 0) is 28.1 Å². The third-order valence-electron chi connectivity index (χ3n) is 1.66. The van der Waals surface area contributed by atoms with E-state index in [9.17, 15) is 13.2 Å². The minimum Gasteiger partial charge on any atom is -0.398 e. The predicted molar refractivity (Wildman–Crippen MR) is 51.4 cm³/mol. The molecule has 0 fully saturated rings. The van der Waals surface area contributed by atoms with Gasteiger partial charge in [-0.25, -0.2) is 0 Å². The van der Waals surface area contributed by atoms with Gasteiger partial charge < -0.3 is 11.1 Å². The number of nitrogens with two attached hydrogens (primary N) is 1. The summed E-state index contributed by atoms with van der Waals surface area (Å²) in [6.45, 7) is 0. The van der Waals surface area contributed by atoms with Crippen LogP contribution in [0, 0.1) is 5.41 Å². The topological polar surface area (TPSA) is 49.9 Å². The highest BCUT2D eigenvalue weighted by Crippen LogP contribution is 2.37. The summed E-state index contributed by atoms with van der Waals surface area (Å²) in [5.74, 6) is 0. The molecule has 1 aromatic rings. The Morgan fingerprint density at radius 1 is 1.36 bits per heavy atom. The van der Waals surface area contributed by atoms with Crippen molar-refractivity contribution in [3.63, 3.8) is 0 Å². The minimum atomic E-state index is -4.44. The van der Waals surface area contributed by atoms with Crippen LogP contribution in [-0.2, 0) is 6.18 Å². The van der Waals surface area contributed by atoms with Crippen molar-refractivity contribution in [2.75, 3.05) is 5.73 Å². The van der Waals surface area contributed by atoms with Crippen molar-refractivity contribution in [2.24, 2.45) is 0 Å². The zero-order valence-corrected chi connectivity index (χ0v) is 8.41. The third-order valence-corrected chi connectivity index (χ3v) is 2.52. The van der Waals surface area contributed by atoms with Gasteiger partial charge in [0.15, 0.2) is 0 Å². The summed E-state index contributed by atoms with van der Waals surface area (Å²) in [4.78, 5) is 0. The summed E-state index contributed by atoms with van der Waals surface area (Å²) in [6, 6.07) is 2.01. The number of hydrogen-bond acceptors (Lipinski definition) is 2. The first-order chi connectivity index (χ1) is 6.38. The fourth-order valence-corrected chi connectivity index (χ4v) is 1.67. The second-order valence-electron chi connectivity index (χ2n) is 2.57. The van der Waals surface area contributed by atoms with Gasteiger partial charge in [0, 0.05) is 21.9 Å². The van der Waals surface area contributed by atoms with Crippen molar-refractivity contribution in [2.45, 2.75) is 6.18 Å². The summed E-state index contributed by atoms with van der Waals surface area (Å²) < 4.78 is 36.9. The smallest absolute Gasteiger partial charge is 0.398 e. The summed E-state index contributed by atoms with van der Waals surface area (Å²) >= 11 is 2.78. The Bertz CT molecular complexity index is 374. The molecule has 6 heteroatoms. The van der Waals surface area contributed by atoms with E-state index in [0.717, 1.165) is 18.3 Å². The van der Waals surface area contributed by atoms with Crippen LogP contribution in [0.2, 0.25) is 0 Å². The number of anilines is 1. The molecule has 0 radical (unpaired) electrons. The first kappa shape index (κ1) is 11.0. The number of benzene rings is 1. The lowest BCUT2D eigenvalue weighted by atomic mass is 10.1. The van der Waals surface area contributed by atoms with Crippen LogP contribution in [0.4, 0.5) is 18.9 Å². The lowest BCUT2D eigenvalue weighted by Crippen LogP contribution is -2.08. The Balaban J connectivity index is 3.43. The lowest BCUT2D eigenvalue weighted by molar-refractivity contribution is -0.138. The van der Waals surface area contributed by atoms with E-state index >= 15 is 0 Å². The Morgan fingerprint density at radius 3 is 2.36 bits per heavy atom. The quantitative estimate of drug-likeness (QED) is 0.596. The molecule has 0 aromatic heterocycles. The second kappa shape index (κ2) is 3.61. The molecular formula is C8H6BrF3N2. The van der Waals surface area contributed by atoms with E-state index in [1.807, 2.05) is 0 Å². The number of nitrogen functional groups attached to an aromatic ring is 1. The number of rotatable bonds is 1. The average Bonchev–Trinajstić information content (AvgIpc) is 2.02. The molecule has 0 spiro atoms. The van der Waals surface area contributed by atoms with Crippen molar-refractivity contribution >= 4 is 27.8 Å². The molecule has 0 aliphatic rings. The van der Waals surface area contributed by atoms with Gasteiger partial charge in [0.1, 0.15) is 0 Å². The molecule has 0 unspecified atom stereocenters. The molecule has 0 heterocycles. The molecule has 3 N–H and O–H groups in total. The molecular weight excluding hydrogens is 261 g/mol. The van der Waals surface area contributed by atoms with E-state index in [0.29, 0.717) is 0 Å². The maximum absolute atomic E-state index is 12.4. The van der Waals surface area contributed by atoms with Crippen molar-refractivity contribution in [3.05, 3.63) is 27.7 Å². The van der Waals surface area contributed by atoms with Gasteiger partial charge in [-0.1, -0.05) is 0 Å². The Morgan fingerprint density at radius 2 is 1.93 bits per heavy atom. The summed E-state index contributed by atoms with van der Waals surface area (Å²) in [7, 11) is 0. The Hall–Kier alpha value is -1.04. The zero-order chi connectivity index (χ0) is 10.9. The van der Waals surface area contributed by atoms with Crippen LogP contribution in [0.5, 0.6) is 0 Å². The van der Waals surface area contributed by atoms with Crippen molar-refractivity contribution in [1.82, 2.24) is 0 Å². The van der Waals surface area contributed by atoms with Crippen LogP contribution in [0.1, 0.15) is 11.1 Å². The Labute approximate surface area is 86.6 Å². The average molecular weight is 267 g/mol. The molecule has 76 valence electrons. The molecule has 0 aliphatic heterocycles. The number of nitrogens with one attached hydrogen (secondary N) is 1. The van der Waals surface area contributed by atoms with E-state index in [1.54, 1.807) is 0 Å². The molecule has 1 aromatic carbocycles. The maximum Gasteiger partial charge on any atom is 0.417 e. The van der Waals surface area contributed by atoms with Gasteiger partial charge in [-0.15, -0.1) is 0 Å². The summed E-state index contributed by atoms with van der Waals surface area (Å²) in [6.07, 6.45) is -3.65. The third kappa shape index (κ3) is 1.89. The van der Waals surface area contributed by atoms with Gasteiger partial charge in [-0.3, -0.25) is 0 Å². The Kier molecular flexibility index (Phi) is 2.84.